The summed E-state index contributed by atoms with van der Waals surface area (Å²) in [7, 11) is 2.36. The third-order valence-corrected chi connectivity index (χ3v) is 10.5. The lowest BCUT2D eigenvalue weighted by molar-refractivity contribution is -0.0488. The maximum absolute atomic E-state index is 12.1. The van der Waals surface area contributed by atoms with Gasteiger partial charge in [0.15, 0.2) is 0 Å². The van der Waals surface area contributed by atoms with Crippen molar-refractivity contribution in [3.63, 3.8) is 0 Å². The Morgan fingerprint density at radius 2 is 2.00 bits per heavy atom. The Hall–Kier alpha value is -1.03. The third-order valence-electron chi connectivity index (χ3n) is 10.5. The predicted octanol–water partition coefficient (Wildman–Crippen LogP) is 5.38. The van der Waals surface area contributed by atoms with Crippen molar-refractivity contribution in [1.29, 1.82) is 0 Å². The molecule has 8 unspecified atom stereocenters. The van der Waals surface area contributed by atoms with E-state index in [1.807, 2.05) is 0 Å². The first-order chi connectivity index (χ1) is 14.4. The Bertz CT molecular complexity index is 720. The van der Waals surface area contributed by atoms with Gasteiger partial charge in [0.25, 0.3) is 0 Å². The summed E-state index contributed by atoms with van der Waals surface area (Å²) in [6, 6.07) is 0.767. The normalized spacial score (nSPS) is 47.5. The van der Waals surface area contributed by atoms with Crippen molar-refractivity contribution < 1.29 is 9.53 Å². The van der Waals surface area contributed by atoms with Gasteiger partial charge in [-0.05, 0) is 99.8 Å². The lowest BCUT2D eigenvalue weighted by Gasteiger charge is -2.58. The number of rotatable bonds is 3. The molecular weight excluding hydrogens is 372 g/mol. The van der Waals surface area contributed by atoms with Crippen LogP contribution in [-0.2, 0) is 4.74 Å². The Morgan fingerprint density at radius 1 is 1.20 bits per heavy atom. The zero-order chi connectivity index (χ0) is 21.1. The van der Waals surface area contributed by atoms with E-state index in [2.05, 4.69) is 44.1 Å². The summed E-state index contributed by atoms with van der Waals surface area (Å²) in [4.78, 5) is 14.7. The highest BCUT2D eigenvalue weighted by atomic mass is 16.6. The number of carbonyl (C=O) groups is 1. The molecule has 1 aliphatic heterocycles. The minimum absolute atomic E-state index is 0.0628. The standard InChI is InChI=1S/C26H42N2O2/c1-5-14-27-24(29)30-19-10-12-25(3)18(15-19)6-7-20-22(25)11-13-26-16-28(4)17(2)21(26)8-9-23(20)26/h6,17,19-23H,5,7-16H2,1-4H3,(H,27,29). The molecule has 4 aliphatic carbocycles. The van der Waals surface area contributed by atoms with Crippen LogP contribution < -0.4 is 5.32 Å². The first kappa shape index (κ1) is 20.8. The molecule has 1 spiro atoms. The molecule has 0 aromatic rings. The minimum atomic E-state index is -0.226. The fraction of sp³-hybridized carbons (Fsp3) is 0.885. The van der Waals surface area contributed by atoms with Crippen LogP contribution >= 0.6 is 0 Å². The van der Waals surface area contributed by atoms with Crippen molar-refractivity contribution in [3.8, 4) is 0 Å². The van der Waals surface area contributed by atoms with Crippen molar-refractivity contribution in [2.24, 2.45) is 34.5 Å². The molecule has 1 amide bonds. The van der Waals surface area contributed by atoms with Gasteiger partial charge in [-0.15, -0.1) is 0 Å². The van der Waals surface area contributed by atoms with Gasteiger partial charge in [-0.1, -0.05) is 25.5 Å². The topological polar surface area (TPSA) is 41.6 Å². The molecule has 1 saturated heterocycles. The molecule has 4 fully saturated rings. The fourth-order valence-corrected chi connectivity index (χ4v) is 8.95. The molecule has 4 heteroatoms. The molecule has 5 aliphatic rings. The number of nitrogens with zero attached hydrogens (tertiary/aromatic N) is 1. The zero-order valence-corrected chi connectivity index (χ0v) is 19.6. The quantitative estimate of drug-likeness (QED) is 0.630. The van der Waals surface area contributed by atoms with E-state index in [0.29, 0.717) is 17.4 Å². The van der Waals surface area contributed by atoms with Crippen LogP contribution in [0.25, 0.3) is 0 Å². The third kappa shape index (κ3) is 2.99. The number of allylic oxidation sites excluding steroid dienone is 1. The lowest BCUT2D eigenvalue weighted by Crippen LogP contribution is -2.52. The Balaban J connectivity index is 1.32. The van der Waals surface area contributed by atoms with Crippen molar-refractivity contribution in [2.75, 3.05) is 20.1 Å². The number of likely N-dealkylation sites (tertiary alicyclic amines) is 1. The van der Waals surface area contributed by atoms with Gasteiger partial charge >= 0.3 is 6.09 Å². The van der Waals surface area contributed by atoms with Gasteiger partial charge in [0.05, 0.1) is 0 Å². The van der Waals surface area contributed by atoms with E-state index in [1.54, 1.807) is 5.57 Å². The summed E-state index contributed by atoms with van der Waals surface area (Å²) < 4.78 is 5.78. The van der Waals surface area contributed by atoms with Gasteiger partial charge in [-0.3, -0.25) is 0 Å². The second kappa shape index (κ2) is 7.53. The molecule has 0 aromatic heterocycles. The number of alkyl carbamates (subject to hydrolysis) is 1. The van der Waals surface area contributed by atoms with Crippen LogP contribution in [0.1, 0.15) is 78.6 Å². The van der Waals surface area contributed by atoms with E-state index >= 15 is 0 Å². The first-order valence-electron chi connectivity index (χ1n) is 12.7. The summed E-state index contributed by atoms with van der Waals surface area (Å²) >= 11 is 0. The number of fused-ring (bicyclic) bond motifs is 4. The number of amides is 1. The van der Waals surface area contributed by atoms with E-state index < -0.39 is 0 Å². The summed E-state index contributed by atoms with van der Waals surface area (Å²) in [6.07, 6.45) is 13.6. The SMILES string of the molecule is CCCNC(=O)OC1CCC2(C)C(=CCC3C2CCC24CN(C)C(C)C2CCC34)C1. The van der Waals surface area contributed by atoms with Gasteiger partial charge in [-0.2, -0.15) is 0 Å². The number of ether oxygens (including phenoxy) is 1. The molecule has 8 atom stereocenters. The van der Waals surface area contributed by atoms with E-state index in [9.17, 15) is 4.79 Å². The van der Waals surface area contributed by atoms with Gasteiger partial charge in [-0.25, -0.2) is 4.79 Å². The lowest BCUT2D eigenvalue weighted by atomic mass is 9.47. The smallest absolute Gasteiger partial charge is 0.407 e. The second-order valence-corrected chi connectivity index (χ2v) is 11.6. The monoisotopic (exact) mass is 414 g/mol. The number of hydrogen-bond donors (Lipinski definition) is 1. The average Bonchev–Trinajstić information content (AvgIpc) is 3.21. The highest BCUT2D eigenvalue weighted by Crippen LogP contribution is 2.68. The molecule has 0 aromatic carbocycles. The van der Waals surface area contributed by atoms with E-state index in [1.165, 1.54) is 45.1 Å². The van der Waals surface area contributed by atoms with Crippen molar-refractivity contribution >= 4 is 6.09 Å². The minimum Gasteiger partial charge on any atom is -0.446 e. The zero-order valence-electron chi connectivity index (χ0n) is 19.6. The molecule has 1 N–H and O–H groups in total. The van der Waals surface area contributed by atoms with Crippen LogP contribution in [0.3, 0.4) is 0 Å². The second-order valence-electron chi connectivity index (χ2n) is 11.6. The summed E-state index contributed by atoms with van der Waals surface area (Å²) in [6.45, 7) is 9.14. The van der Waals surface area contributed by atoms with Crippen molar-refractivity contribution in [2.45, 2.75) is 90.7 Å². The highest BCUT2D eigenvalue weighted by Gasteiger charge is 2.64. The van der Waals surface area contributed by atoms with E-state index in [4.69, 9.17) is 4.74 Å². The van der Waals surface area contributed by atoms with Gasteiger partial charge < -0.3 is 15.0 Å². The molecule has 5 rings (SSSR count). The molecular formula is C26H42N2O2. The maximum Gasteiger partial charge on any atom is 0.407 e. The summed E-state index contributed by atoms with van der Waals surface area (Å²) in [5, 5.41) is 2.87. The molecule has 1 heterocycles. The Labute approximate surface area is 183 Å². The summed E-state index contributed by atoms with van der Waals surface area (Å²) in [5.74, 6) is 3.57. The van der Waals surface area contributed by atoms with Crippen LogP contribution in [0, 0.1) is 34.5 Å². The Morgan fingerprint density at radius 3 is 2.80 bits per heavy atom. The molecule has 4 nitrogen and oxygen atoms in total. The Kier molecular flexibility index (Phi) is 5.24. The van der Waals surface area contributed by atoms with Crippen molar-refractivity contribution in [1.82, 2.24) is 10.2 Å². The number of carbonyl (C=O) groups excluding carboxylic acids is 1. The fourth-order valence-electron chi connectivity index (χ4n) is 8.95. The summed E-state index contributed by atoms with van der Waals surface area (Å²) in [5.41, 5.74) is 2.54. The predicted molar refractivity (Wildman–Crippen MR) is 120 cm³/mol. The molecule has 168 valence electrons. The molecule has 30 heavy (non-hydrogen) atoms. The number of nitrogens with one attached hydrogen (secondary N) is 1. The first-order valence-corrected chi connectivity index (χ1v) is 12.7. The van der Waals surface area contributed by atoms with Crippen LogP contribution in [0.2, 0.25) is 0 Å². The van der Waals surface area contributed by atoms with E-state index in [-0.39, 0.29) is 12.2 Å². The maximum atomic E-state index is 12.1. The van der Waals surface area contributed by atoms with Gasteiger partial charge in [0, 0.05) is 25.6 Å². The van der Waals surface area contributed by atoms with E-state index in [0.717, 1.165) is 49.0 Å². The molecule has 0 radical (unpaired) electrons. The van der Waals surface area contributed by atoms with Crippen LogP contribution in [0.4, 0.5) is 4.79 Å². The molecule has 3 saturated carbocycles. The van der Waals surface area contributed by atoms with Crippen LogP contribution in [0.5, 0.6) is 0 Å². The average molecular weight is 415 g/mol. The largest absolute Gasteiger partial charge is 0.446 e. The van der Waals surface area contributed by atoms with Crippen LogP contribution in [0.15, 0.2) is 11.6 Å². The van der Waals surface area contributed by atoms with Gasteiger partial charge in [0.2, 0.25) is 0 Å². The van der Waals surface area contributed by atoms with Crippen molar-refractivity contribution in [3.05, 3.63) is 11.6 Å². The highest BCUT2D eigenvalue weighted by molar-refractivity contribution is 5.67. The van der Waals surface area contributed by atoms with Crippen LogP contribution in [-0.4, -0.2) is 43.3 Å². The molecule has 0 bridgehead atoms. The van der Waals surface area contributed by atoms with Gasteiger partial charge in [0.1, 0.15) is 6.10 Å². The number of hydrogen-bond acceptors (Lipinski definition) is 3.